The van der Waals surface area contributed by atoms with Gasteiger partial charge in [-0.2, -0.15) is 0 Å². The van der Waals surface area contributed by atoms with E-state index in [1.54, 1.807) is 49.6 Å². The molecule has 7 heteroatoms. The topological polar surface area (TPSA) is 66.5 Å². The number of thiophene rings is 1. The predicted molar refractivity (Wildman–Crippen MR) is 94.0 cm³/mol. The highest BCUT2D eigenvalue weighted by molar-refractivity contribution is 7.12. The summed E-state index contributed by atoms with van der Waals surface area (Å²) in [5, 5.41) is 4.88. The highest BCUT2D eigenvalue weighted by atomic mass is 35.5. The molecule has 24 heavy (non-hydrogen) atoms. The number of ketones is 1. The highest BCUT2D eigenvalue weighted by Gasteiger charge is 2.45. The van der Waals surface area contributed by atoms with E-state index in [-0.39, 0.29) is 11.8 Å². The fraction of sp³-hybridized carbons (Fsp3) is 0.235. The summed E-state index contributed by atoms with van der Waals surface area (Å²) < 4.78 is 0. The number of urea groups is 1. The summed E-state index contributed by atoms with van der Waals surface area (Å²) in [5.41, 5.74) is 0.863. The van der Waals surface area contributed by atoms with Crippen molar-refractivity contribution in [3.63, 3.8) is 0 Å². The summed E-state index contributed by atoms with van der Waals surface area (Å²) >= 11 is 7.30. The molecule has 0 aliphatic carbocycles. The van der Waals surface area contributed by atoms with Crippen molar-refractivity contribution in [1.29, 1.82) is 0 Å². The Balaban J connectivity index is 2.06. The maximum atomic E-state index is 12.8. The minimum absolute atomic E-state index is 0.131. The van der Waals surface area contributed by atoms with Gasteiger partial charge in [-0.3, -0.25) is 9.59 Å². The average molecular weight is 363 g/mol. The molecule has 1 aromatic carbocycles. The van der Waals surface area contributed by atoms with E-state index in [2.05, 4.69) is 5.32 Å². The zero-order valence-corrected chi connectivity index (χ0v) is 14.6. The van der Waals surface area contributed by atoms with Crippen molar-refractivity contribution in [3.05, 3.63) is 51.2 Å². The van der Waals surface area contributed by atoms with Crippen molar-refractivity contribution in [1.82, 2.24) is 5.32 Å². The lowest BCUT2D eigenvalue weighted by molar-refractivity contribution is -0.117. The molecule has 5 nitrogen and oxygen atoms in total. The van der Waals surface area contributed by atoms with Crippen molar-refractivity contribution in [3.8, 4) is 0 Å². The van der Waals surface area contributed by atoms with Gasteiger partial charge < -0.3 is 5.32 Å². The molecule has 0 spiro atoms. The summed E-state index contributed by atoms with van der Waals surface area (Å²) in [7, 11) is 0. The molecular weight excluding hydrogens is 348 g/mol. The third kappa shape index (κ3) is 2.83. The van der Waals surface area contributed by atoms with E-state index in [9.17, 15) is 14.4 Å². The lowest BCUT2D eigenvalue weighted by atomic mass is 9.95. The molecule has 0 saturated heterocycles. The minimum atomic E-state index is -1.05. The number of imide groups is 1. The van der Waals surface area contributed by atoms with Crippen LogP contribution in [0.15, 0.2) is 35.7 Å². The second-order valence-corrected chi connectivity index (χ2v) is 7.14. The van der Waals surface area contributed by atoms with E-state index >= 15 is 0 Å². The second-order valence-electron chi connectivity index (χ2n) is 5.76. The van der Waals surface area contributed by atoms with E-state index < -0.39 is 17.9 Å². The summed E-state index contributed by atoms with van der Waals surface area (Å²) in [6.45, 7) is 3.60. The number of fused-ring (bicyclic) bond motifs is 1. The summed E-state index contributed by atoms with van der Waals surface area (Å²) in [6.07, 6.45) is 0. The molecule has 1 unspecified atom stereocenters. The summed E-state index contributed by atoms with van der Waals surface area (Å²) in [5.74, 6) is -1.92. The normalized spacial score (nSPS) is 16.4. The highest BCUT2D eigenvalue weighted by Crippen LogP contribution is 2.41. The van der Waals surface area contributed by atoms with Crippen LogP contribution in [-0.2, 0) is 4.79 Å². The van der Waals surface area contributed by atoms with Crippen molar-refractivity contribution in [2.45, 2.75) is 25.8 Å². The van der Waals surface area contributed by atoms with Crippen LogP contribution in [0.3, 0.4) is 0 Å². The molecule has 1 atom stereocenters. The van der Waals surface area contributed by atoms with Crippen LogP contribution in [-0.4, -0.2) is 23.8 Å². The summed E-state index contributed by atoms with van der Waals surface area (Å²) in [4.78, 5) is 39.5. The Hall–Kier alpha value is -2.18. The van der Waals surface area contributed by atoms with Crippen LogP contribution in [0.4, 0.5) is 10.5 Å². The number of rotatable bonds is 3. The molecule has 0 saturated carbocycles. The SMILES string of the molecule is CC(C)NC(=O)N1C(=O)C(C(=O)c2cccs2)c2cc(Cl)ccc21. The van der Waals surface area contributed by atoms with E-state index in [4.69, 9.17) is 11.6 Å². The van der Waals surface area contributed by atoms with Crippen molar-refractivity contribution in [2.24, 2.45) is 0 Å². The number of carbonyl (C=O) groups excluding carboxylic acids is 3. The molecule has 2 heterocycles. The molecular formula is C17H15ClN2O3S. The number of nitrogens with one attached hydrogen (secondary N) is 1. The molecule has 0 fully saturated rings. The zero-order valence-electron chi connectivity index (χ0n) is 13.1. The first kappa shape index (κ1) is 16.7. The van der Waals surface area contributed by atoms with Gasteiger partial charge >= 0.3 is 6.03 Å². The van der Waals surface area contributed by atoms with Crippen LogP contribution in [0.5, 0.6) is 0 Å². The summed E-state index contributed by atoms with van der Waals surface area (Å²) in [6, 6.07) is 7.51. The maximum absolute atomic E-state index is 12.8. The fourth-order valence-corrected chi connectivity index (χ4v) is 3.55. The standard InChI is InChI=1S/C17H15ClN2O3S/c1-9(2)19-17(23)20-12-6-5-10(18)8-11(12)14(16(20)22)15(21)13-4-3-7-24-13/h3-9,14H,1-2H3,(H,19,23). The van der Waals surface area contributed by atoms with Gasteiger partial charge in [0.1, 0.15) is 5.92 Å². The third-order valence-electron chi connectivity index (χ3n) is 3.65. The number of Topliss-reactive ketones (excluding diaryl/α,β-unsaturated/α-hetero) is 1. The van der Waals surface area contributed by atoms with Crippen LogP contribution >= 0.6 is 22.9 Å². The van der Waals surface area contributed by atoms with Crippen molar-refractivity contribution < 1.29 is 14.4 Å². The monoisotopic (exact) mass is 362 g/mol. The van der Waals surface area contributed by atoms with Gasteiger partial charge in [0.15, 0.2) is 5.78 Å². The number of anilines is 1. The minimum Gasteiger partial charge on any atom is -0.335 e. The zero-order chi connectivity index (χ0) is 17.4. The van der Waals surface area contributed by atoms with Crippen LogP contribution in [0.2, 0.25) is 5.02 Å². The van der Waals surface area contributed by atoms with Gasteiger partial charge in [-0.05, 0) is 49.1 Å². The molecule has 1 aliphatic heterocycles. The van der Waals surface area contributed by atoms with Gasteiger partial charge in [0.2, 0.25) is 0 Å². The van der Waals surface area contributed by atoms with Gasteiger partial charge in [-0.15, -0.1) is 11.3 Å². The number of amides is 3. The Morgan fingerprint density at radius 3 is 2.67 bits per heavy atom. The van der Waals surface area contributed by atoms with E-state index in [1.165, 1.54) is 11.3 Å². The van der Waals surface area contributed by atoms with E-state index in [0.717, 1.165) is 4.90 Å². The van der Waals surface area contributed by atoms with Gasteiger partial charge in [0.05, 0.1) is 10.6 Å². The number of hydrogen-bond acceptors (Lipinski definition) is 4. The average Bonchev–Trinajstić information content (AvgIpc) is 3.11. The molecule has 1 N–H and O–H groups in total. The van der Waals surface area contributed by atoms with E-state index in [1.807, 2.05) is 0 Å². The molecule has 1 aliphatic rings. The first-order valence-corrected chi connectivity index (χ1v) is 8.67. The molecule has 0 bridgehead atoms. The van der Waals surface area contributed by atoms with Crippen LogP contribution < -0.4 is 10.2 Å². The van der Waals surface area contributed by atoms with Gasteiger partial charge in [-0.25, -0.2) is 9.69 Å². The van der Waals surface area contributed by atoms with E-state index in [0.29, 0.717) is 21.2 Å². The van der Waals surface area contributed by atoms with Crippen LogP contribution in [0, 0.1) is 0 Å². The first-order chi connectivity index (χ1) is 11.4. The predicted octanol–water partition coefficient (Wildman–Crippen LogP) is 3.83. The Bertz CT molecular complexity index is 817. The number of nitrogens with zero attached hydrogens (tertiary/aromatic N) is 1. The van der Waals surface area contributed by atoms with Crippen LogP contribution in [0.25, 0.3) is 0 Å². The molecule has 0 radical (unpaired) electrons. The smallest absolute Gasteiger partial charge is 0.328 e. The molecule has 124 valence electrons. The molecule has 1 aromatic heterocycles. The molecule has 3 amide bonds. The number of halogens is 1. The van der Waals surface area contributed by atoms with Crippen molar-refractivity contribution >= 4 is 46.3 Å². The lowest BCUT2D eigenvalue weighted by Gasteiger charge is -2.18. The van der Waals surface area contributed by atoms with Gasteiger partial charge in [0.25, 0.3) is 5.91 Å². The quantitative estimate of drug-likeness (QED) is 0.666. The first-order valence-electron chi connectivity index (χ1n) is 7.41. The number of hydrogen-bond donors (Lipinski definition) is 1. The Morgan fingerprint density at radius 2 is 2.04 bits per heavy atom. The fourth-order valence-electron chi connectivity index (χ4n) is 2.68. The van der Waals surface area contributed by atoms with Gasteiger partial charge in [0, 0.05) is 11.1 Å². The van der Waals surface area contributed by atoms with Crippen LogP contribution in [0.1, 0.15) is 35.0 Å². The molecule has 3 rings (SSSR count). The number of carbonyl (C=O) groups is 3. The lowest BCUT2D eigenvalue weighted by Crippen LogP contribution is -2.45. The third-order valence-corrected chi connectivity index (χ3v) is 4.77. The Labute approximate surface area is 148 Å². The second kappa shape index (κ2) is 6.37. The largest absolute Gasteiger partial charge is 0.335 e. The van der Waals surface area contributed by atoms with Gasteiger partial charge in [-0.1, -0.05) is 17.7 Å². The molecule has 2 aromatic rings. The Morgan fingerprint density at radius 1 is 1.29 bits per heavy atom. The Kier molecular flexibility index (Phi) is 4.43. The van der Waals surface area contributed by atoms with Crippen molar-refractivity contribution in [2.75, 3.05) is 4.90 Å². The maximum Gasteiger partial charge on any atom is 0.328 e. The number of benzene rings is 1.